The van der Waals surface area contributed by atoms with Crippen molar-refractivity contribution in [3.63, 3.8) is 0 Å². The van der Waals surface area contributed by atoms with Gasteiger partial charge in [-0.2, -0.15) is 0 Å². The molecule has 1 heterocycles. The van der Waals surface area contributed by atoms with Crippen molar-refractivity contribution >= 4 is 23.1 Å². The number of amides is 1. The van der Waals surface area contributed by atoms with E-state index in [4.69, 9.17) is 18.0 Å². The molecule has 0 aromatic rings. The quantitative estimate of drug-likeness (QED) is 0.671. The summed E-state index contributed by atoms with van der Waals surface area (Å²) in [7, 11) is 0. The number of carbonyl (C=O) groups is 1. The van der Waals surface area contributed by atoms with Crippen LogP contribution in [0.4, 0.5) is 0 Å². The van der Waals surface area contributed by atoms with Crippen LogP contribution in [0.1, 0.15) is 20.3 Å². The lowest BCUT2D eigenvalue weighted by Crippen LogP contribution is -2.52. The summed E-state index contributed by atoms with van der Waals surface area (Å²) in [6.45, 7) is 7.13. The predicted octanol–water partition coefficient (Wildman–Crippen LogP) is -0.422. The minimum atomic E-state index is -0.689. The number of piperazine rings is 1. The summed E-state index contributed by atoms with van der Waals surface area (Å²) in [6, 6.07) is 0. The summed E-state index contributed by atoms with van der Waals surface area (Å²) in [5.74, 6) is 0.000378. The van der Waals surface area contributed by atoms with Crippen LogP contribution in [0.25, 0.3) is 0 Å². The minimum Gasteiger partial charge on any atom is -0.393 e. The second-order valence-electron chi connectivity index (χ2n) is 5.11. The van der Waals surface area contributed by atoms with Gasteiger partial charge in [-0.25, -0.2) is 0 Å². The number of β-amino-alcohol motifs (C(OH)–C–C–N with tert-alkyl or cyclic N) is 1. The highest BCUT2D eigenvalue weighted by Gasteiger charge is 2.24. The molecule has 1 aliphatic heterocycles. The largest absolute Gasteiger partial charge is 0.393 e. The summed E-state index contributed by atoms with van der Waals surface area (Å²) in [6.07, 6.45) is 0.154. The number of nitrogens with two attached hydrogens (primary N) is 1. The number of rotatable bonds is 4. The molecule has 0 aliphatic carbocycles. The van der Waals surface area contributed by atoms with Crippen LogP contribution < -0.4 is 5.73 Å². The van der Waals surface area contributed by atoms with E-state index < -0.39 is 5.60 Å². The molecular formula is C11H21N3O2S. The fourth-order valence-electron chi connectivity index (χ4n) is 1.96. The molecule has 6 heteroatoms. The first-order valence-electron chi connectivity index (χ1n) is 5.79. The van der Waals surface area contributed by atoms with Gasteiger partial charge in [0.2, 0.25) is 5.91 Å². The summed E-state index contributed by atoms with van der Waals surface area (Å²) in [5, 5.41) is 9.71. The number of carbonyl (C=O) groups excluding carboxylic acids is 1. The third-order valence-electron chi connectivity index (χ3n) is 2.66. The average molecular weight is 259 g/mol. The van der Waals surface area contributed by atoms with Crippen molar-refractivity contribution in [2.24, 2.45) is 5.73 Å². The molecule has 98 valence electrons. The van der Waals surface area contributed by atoms with Crippen LogP contribution in [0, 0.1) is 0 Å². The molecule has 0 spiro atoms. The summed E-state index contributed by atoms with van der Waals surface area (Å²) >= 11 is 4.72. The Labute approximate surface area is 108 Å². The Morgan fingerprint density at radius 1 is 1.35 bits per heavy atom. The first-order chi connectivity index (χ1) is 7.78. The summed E-state index contributed by atoms with van der Waals surface area (Å²) in [5.41, 5.74) is 4.66. The molecule has 17 heavy (non-hydrogen) atoms. The Morgan fingerprint density at radius 3 is 2.29 bits per heavy atom. The third-order valence-corrected chi connectivity index (χ3v) is 2.81. The molecule has 1 saturated heterocycles. The first-order valence-corrected chi connectivity index (χ1v) is 6.19. The molecule has 1 fully saturated rings. The highest BCUT2D eigenvalue weighted by atomic mass is 32.1. The van der Waals surface area contributed by atoms with Crippen LogP contribution in [0.15, 0.2) is 0 Å². The number of aliphatic hydroxyl groups is 1. The minimum absolute atomic E-state index is 0.000378. The van der Waals surface area contributed by atoms with Gasteiger partial charge in [0, 0.05) is 32.7 Å². The second-order valence-corrected chi connectivity index (χ2v) is 5.64. The Morgan fingerprint density at radius 2 is 1.88 bits per heavy atom. The van der Waals surface area contributed by atoms with E-state index in [2.05, 4.69) is 4.90 Å². The van der Waals surface area contributed by atoms with E-state index in [1.165, 1.54) is 0 Å². The zero-order valence-electron chi connectivity index (χ0n) is 10.5. The molecule has 0 bridgehead atoms. The zero-order valence-corrected chi connectivity index (χ0v) is 11.3. The van der Waals surface area contributed by atoms with E-state index in [9.17, 15) is 9.90 Å². The molecule has 3 N–H and O–H groups in total. The predicted molar refractivity (Wildman–Crippen MR) is 70.7 cm³/mol. The lowest BCUT2D eigenvalue weighted by atomic mass is 10.1. The highest BCUT2D eigenvalue weighted by molar-refractivity contribution is 7.80. The normalized spacial score (nSPS) is 18.2. The van der Waals surface area contributed by atoms with Crippen LogP contribution in [0.2, 0.25) is 0 Å². The van der Waals surface area contributed by atoms with Gasteiger partial charge in [0.15, 0.2) is 0 Å². The van der Waals surface area contributed by atoms with Crippen LogP contribution in [0.3, 0.4) is 0 Å². The van der Waals surface area contributed by atoms with Crippen molar-refractivity contribution in [3.05, 3.63) is 0 Å². The SMILES string of the molecule is CC(C)(O)CN1CCN(C(=O)CC(N)=S)CC1. The van der Waals surface area contributed by atoms with E-state index in [1.807, 2.05) is 0 Å². The lowest BCUT2D eigenvalue weighted by Gasteiger charge is -2.37. The summed E-state index contributed by atoms with van der Waals surface area (Å²) < 4.78 is 0. The van der Waals surface area contributed by atoms with Crippen molar-refractivity contribution < 1.29 is 9.90 Å². The van der Waals surface area contributed by atoms with Gasteiger partial charge < -0.3 is 15.7 Å². The first kappa shape index (κ1) is 14.3. The standard InChI is InChI=1S/C11H21N3O2S/c1-11(2,16)8-13-3-5-14(6-4-13)10(15)7-9(12)17/h16H,3-8H2,1-2H3,(H2,12,17). The van der Waals surface area contributed by atoms with E-state index in [-0.39, 0.29) is 17.3 Å². The van der Waals surface area contributed by atoms with Crippen LogP contribution >= 0.6 is 12.2 Å². The molecule has 0 aromatic carbocycles. The smallest absolute Gasteiger partial charge is 0.229 e. The second kappa shape index (κ2) is 5.75. The highest BCUT2D eigenvalue weighted by Crippen LogP contribution is 2.09. The van der Waals surface area contributed by atoms with Crippen molar-refractivity contribution in [2.75, 3.05) is 32.7 Å². The molecule has 0 atom stereocenters. The molecule has 0 aromatic heterocycles. The number of hydrogen-bond acceptors (Lipinski definition) is 4. The number of nitrogens with zero attached hydrogens (tertiary/aromatic N) is 2. The van der Waals surface area contributed by atoms with Gasteiger partial charge in [-0.15, -0.1) is 0 Å². The molecule has 0 unspecified atom stereocenters. The Balaban J connectivity index is 2.35. The van der Waals surface area contributed by atoms with E-state index in [0.717, 1.165) is 13.1 Å². The maximum Gasteiger partial charge on any atom is 0.229 e. The maximum atomic E-state index is 11.7. The van der Waals surface area contributed by atoms with Crippen LogP contribution in [-0.2, 0) is 4.79 Å². The van der Waals surface area contributed by atoms with Gasteiger partial charge >= 0.3 is 0 Å². The van der Waals surface area contributed by atoms with E-state index in [0.29, 0.717) is 19.6 Å². The van der Waals surface area contributed by atoms with Gasteiger partial charge in [-0.3, -0.25) is 9.69 Å². The Kier molecular flexibility index (Phi) is 4.85. The molecule has 1 aliphatic rings. The van der Waals surface area contributed by atoms with Crippen molar-refractivity contribution in [1.29, 1.82) is 0 Å². The molecule has 1 amide bonds. The van der Waals surface area contributed by atoms with E-state index >= 15 is 0 Å². The lowest BCUT2D eigenvalue weighted by molar-refractivity contribution is -0.131. The molecule has 0 radical (unpaired) electrons. The molecule has 0 saturated carbocycles. The zero-order chi connectivity index (χ0) is 13.1. The van der Waals surface area contributed by atoms with Crippen molar-refractivity contribution in [1.82, 2.24) is 9.80 Å². The Hall–Kier alpha value is -0.720. The molecule has 1 rings (SSSR count). The van der Waals surface area contributed by atoms with Gasteiger partial charge in [0.25, 0.3) is 0 Å². The Bertz CT molecular complexity index is 294. The monoisotopic (exact) mass is 259 g/mol. The molecule has 5 nitrogen and oxygen atoms in total. The topological polar surface area (TPSA) is 69.8 Å². The van der Waals surface area contributed by atoms with Crippen molar-refractivity contribution in [3.8, 4) is 0 Å². The molecular weight excluding hydrogens is 238 g/mol. The van der Waals surface area contributed by atoms with Gasteiger partial charge in [0.05, 0.1) is 17.0 Å². The maximum absolute atomic E-state index is 11.7. The third kappa shape index (κ3) is 5.43. The number of thiocarbonyl (C=S) groups is 1. The van der Waals surface area contributed by atoms with Crippen LogP contribution in [0.5, 0.6) is 0 Å². The van der Waals surface area contributed by atoms with E-state index in [1.54, 1.807) is 18.7 Å². The van der Waals surface area contributed by atoms with Crippen molar-refractivity contribution in [2.45, 2.75) is 25.9 Å². The fourth-order valence-corrected chi connectivity index (χ4v) is 2.09. The fraction of sp³-hybridized carbons (Fsp3) is 0.818. The van der Waals surface area contributed by atoms with Crippen LogP contribution in [-0.4, -0.2) is 64.1 Å². The average Bonchev–Trinajstić information content (AvgIpc) is 2.15. The summed E-state index contributed by atoms with van der Waals surface area (Å²) in [4.78, 5) is 15.9. The van der Waals surface area contributed by atoms with Gasteiger partial charge in [-0.1, -0.05) is 12.2 Å². The number of hydrogen-bond donors (Lipinski definition) is 2. The van der Waals surface area contributed by atoms with Gasteiger partial charge in [-0.05, 0) is 13.8 Å². The van der Waals surface area contributed by atoms with Gasteiger partial charge in [0.1, 0.15) is 0 Å².